The Morgan fingerprint density at radius 3 is 2.32 bits per heavy atom. The number of hydrogen-bond acceptors (Lipinski definition) is 3. The van der Waals surface area contributed by atoms with Crippen LogP contribution in [-0.4, -0.2) is 33.6 Å². The van der Waals surface area contributed by atoms with Crippen LogP contribution in [0, 0.1) is 13.8 Å². The highest BCUT2D eigenvalue weighted by atomic mass is 35.5. The average Bonchev–Trinajstić information content (AvgIpc) is 3.21. The van der Waals surface area contributed by atoms with E-state index in [1.807, 2.05) is 0 Å². The fraction of sp³-hybridized carbons (Fsp3) is 0.364. The van der Waals surface area contributed by atoms with Gasteiger partial charge in [-0.3, -0.25) is 4.79 Å². The number of benzene rings is 1. The van der Waals surface area contributed by atoms with Gasteiger partial charge in [-0.15, -0.1) is 0 Å². The number of aromatic nitrogens is 2. The van der Waals surface area contributed by atoms with E-state index in [0.29, 0.717) is 22.0 Å². The highest BCUT2D eigenvalue weighted by molar-refractivity contribution is 6.30. The molecule has 0 N–H and O–H groups in total. The summed E-state index contributed by atoms with van der Waals surface area (Å²) in [5.41, 5.74) is 0.0183. The molecule has 5 nitrogen and oxygen atoms in total. The molecule has 2 aromatic heterocycles. The minimum absolute atomic E-state index is 0.0319. The van der Waals surface area contributed by atoms with Gasteiger partial charge in [0.05, 0.1) is 6.54 Å². The van der Waals surface area contributed by atoms with Gasteiger partial charge in [0.2, 0.25) is 0 Å². The monoisotopic (exact) mass is 453 g/mol. The van der Waals surface area contributed by atoms with E-state index in [9.17, 15) is 18.0 Å². The first kappa shape index (κ1) is 22.9. The predicted molar refractivity (Wildman–Crippen MR) is 112 cm³/mol. The van der Waals surface area contributed by atoms with Crippen LogP contribution in [0.1, 0.15) is 47.0 Å². The van der Waals surface area contributed by atoms with Crippen molar-refractivity contribution in [2.24, 2.45) is 0 Å². The lowest BCUT2D eigenvalue weighted by atomic mass is 10.00. The molecule has 0 atom stereocenters. The van der Waals surface area contributed by atoms with E-state index in [-0.39, 0.29) is 29.4 Å². The number of aryl methyl sites for hydroxylation is 1. The molecule has 0 spiro atoms. The molecule has 0 aliphatic rings. The molecule has 0 saturated heterocycles. The molecule has 2 heterocycles. The fourth-order valence-electron chi connectivity index (χ4n) is 3.52. The van der Waals surface area contributed by atoms with Gasteiger partial charge >= 0.3 is 6.18 Å². The zero-order valence-corrected chi connectivity index (χ0v) is 18.6. The Kier molecular flexibility index (Phi) is 6.23. The number of alkyl halides is 3. The van der Waals surface area contributed by atoms with Crippen molar-refractivity contribution in [3.05, 3.63) is 63.8 Å². The molecular weight excluding hydrogens is 431 g/mol. The summed E-state index contributed by atoms with van der Waals surface area (Å²) in [5, 5.41) is 4.28. The maximum atomic E-state index is 14.2. The lowest BCUT2D eigenvalue weighted by molar-refractivity contribution is -0.143. The van der Waals surface area contributed by atoms with E-state index in [0.717, 1.165) is 4.57 Å². The van der Waals surface area contributed by atoms with E-state index in [1.54, 1.807) is 58.2 Å². The lowest BCUT2D eigenvalue weighted by Gasteiger charge is -2.24. The molecular formula is C22H23ClF3N3O2. The second-order valence-electron chi connectivity index (χ2n) is 7.73. The van der Waals surface area contributed by atoms with E-state index in [1.165, 1.54) is 11.8 Å². The maximum absolute atomic E-state index is 14.2. The van der Waals surface area contributed by atoms with Gasteiger partial charge in [0.25, 0.3) is 5.91 Å². The summed E-state index contributed by atoms with van der Waals surface area (Å²) in [7, 11) is 1.57. The fourth-order valence-corrected chi connectivity index (χ4v) is 3.64. The second kappa shape index (κ2) is 8.42. The third-order valence-electron chi connectivity index (χ3n) is 5.20. The third kappa shape index (κ3) is 4.49. The quantitative estimate of drug-likeness (QED) is 0.479. The van der Waals surface area contributed by atoms with E-state index >= 15 is 0 Å². The number of carbonyl (C=O) groups is 1. The summed E-state index contributed by atoms with van der Waals surface area (Å²) in [6.07, 6.45) is -4.68. The van der Waals surface area contributed by atoms with Crippen LogP contribution in [-0.2, 0) is 12.7 Å². The minimum atomic E-state index is -4.68. The van der Waals surface area contributed by atoms with Crippen molar-refractivity contribution < 1.29 is 22.5 Å². The maximum Gasteiger partial charge on any atom is 0.431 e. The summed E-state index contributed by atoms with van der Waals surface area (Å²) in [4.78, 5) is 14.8. The molecule has 3 rings (SSSR count). The Morgan fingerprint density at radius 1 is 1.23 bits per heavy atom. The molecule has 31 heavy (non-hydrogen) atoms. The van der Waals surface area contributed by atoms with Crippen LogP contribution in [0.25, 0.3) is 11.1 Å². The van der Waals surface area contributed by atoms with Crippen LogP contribution >= 0.6 is 11.6 Å². The van der Waals surface area contributed by atoms with Crippen LogP contribution in [0.2, 0.25) is 5.02 Å². The molecule has 0 bridgehead atoms. The van der Waals surface area contributed by atoms with Crippen molar-refractivity contribution in [2.45, 2.75) is 46.5 Å². The second-order valence-corrected chi connectivity index (χ2v) is 8.16. The number of nitrogens with zero attached hydrogens (tertiary/aromatic N) is 3. The Labute approximate surface area is 183 Å². The van der Waals surface area contributed by atoms with Crippen molar-refractivity contribution in [1.82, 2.24) is 14.6 Å². The lowest BCUT2D eigenvalue weighted by Crippen LogP contribution is -2.35. The Hall–Kier alpha value is -2.74. The summed E-state index contributed by atoms with van der Waals surface area (Å²) in [6, 6.07) is 7.74. The molecule has 0 aliphatic carbocycles. The van der Waals surface area contributed by atoms with Gasteiger partial charge in [0, 0.05) is 29.7 Å². The summed E-state index contributed by atoms with van der Waals surface area (Å²) in [6.45, 7) is 6.37. The van der Waals surface area contributed by atoms with E-state index in [2.05, 4.69) is 5.16 Å². The molecule has 0 saturated carbocycles. The molecule has 9 heteroatoms. The predicted octanol–water partition coefficient (Wildman–Crippen LogP) is 5.96. The smallest absolute Gasteiger partial charge is 0.361 e. The third-order valence-corrected chi connectivity index (χ3v) is 5.45. The standard InChI is InChI=1S/C22H23ClF3N3O2/c1-12(2)28(5)21(30)19-18(15-6-8-16(23)9-7-15)14(4)20(22(24,25)26)29(19)11-17-10-13(3)31-27-17/h6-10,12H,11H2,1-5H3. The van der Waals surface area contributed by atoms with Gasteiger partial charge in [-0.05, 0) is 51.0 Å². The van der Waals surface area contributed by atoms with Crippen molar-refractivity contribution in [3.63, 3.8) is 0 Å². The van der Waals surface area contributed by atoms with Gasteiger partial charge in [0.1, 0.15) is 22.8 Å². The molecule has 0 unspecified atom stereocenters. The Balaban J connectivity index is 2.36. The molecule has 1 amide bonds. The number of carbonyl (C=O) groups excluding carboxylic acids is 1. The SMILES string of the molecule is Cc1cc(Cn2c(C(=O)N(C)C(C)C)c(-c3ccc(Cl)cc3)c(C)c2C(F)(F)F)no1. The summed E-state index contributed by atoms with van der Waals surface area (Å²) >= 11 is 5.97. The van der Waals surface area contributed by atoms with Crippen molar-refractivity contribution in [1.29, 1.82) is 0 Å². The highest BCUT2D eigenvalue weighted by Crippen LogP contribution is 2.42. The van der Waals surface area contributed by atoms with Gasteiger partial charge in [-0.25, -0.2) is 0 Å². The highest BCUT2D eigenvalue weighted by Gasteiger charge is 2.41. The topological polar surface area (TPSA) is 51.3 Å². The van der Waals surface area contributed by atoms with E-state index < -0.39 is 17.8 Å². The molecule has 0 aliphatic heterocycles. The first-order chi connectivity index (χ1) is 14.4. The van der Waals surface area contributed by atoms with Crippen LogP contribution in [0.15, 0.2) is 34.9 Å². The normalized spacial score (nSPS) is 11.9. The molecule has 0 fully saturated rings. The van der Waals surface area contributed by atoms with Crippen LogP contribution in [0.5, 0.6) is 0 Å². The number of hydrogen-bond donors (Lipinski definition) is 0. The average molecular weight is 454 g/mol. The first-order valence-electron chi connectivity index (χ1n) is 9.67. The van der Waals surface area contributed by atoms with Gasteiger partial charge in [0.15, 0.2) is 0 Å². The van der Waals surface area contributed by atoms with Crippen LogP contribution in [0.4, 0.5) is 13.2 Å². The summed E-state index contributed by atoms with van der Waals surface area (Å²) in [5.74, 6) is -0.0451. The zero-order valence-electron chi connectivity index (χ0n) is 17.8. The van der Waals surface area contributed by atoms with Crippen LogP contribution < -0.4 is 0 Å². The number of halogens is 4. The molecule has 1 aromatic carbocycles. The Bertz CT molecular complexity index is 1100. The minimum Gasteiger partial charge on any atom is -0.361 e. The number of amides is 1. The van der Waals surface area contributed by atoms with Gasteiger partial charge < -0.3 is 14.0 Å². The molecule has 0 radical (unpaired) electrons. The zero-order chi connectivity index (χ0) is 23.1. The first-order valence-corrected chi connectivity index (χ1v) is 10.0. The molecule has 3 aromatic rings. The van der Waals surface area contributed by atoms with E-state index in [4.69, 9.17) is 16.1 Å². The van der Waals surface area contributed by atoms with Crippen LogP contribution in [0.3, 0.4) is 0 Å². The summed E-state index contributed by atoms with van der Waals surface area (Å²) < 4.78 is 48.6. The van der Waals surface area contributed by atoms with Gasteiger partial charge in [-0.2, -0.15) is 13.2 Å². The van der Waals surface area contributed by atoms with Gasteiger partial charge in [-0.1, -0.05) is 28.9 Å². The molecule has 166 valence electrons. The Morgan fingerprint density at radius 2 is 1.84 bits per heavy atom. The van der Waals surface area contributed by atoms with Crippen molar-refractivity contribution >= 4 is 17.5 Å². The largest absolute Gasteiger partial charge is 0.431 e. The number of rotatable bonds is 5. The van der Waals surface area contributed by atoms with Crippen molar-refractivity contribution in [2.75, 3.05) is 7.05 Å². The van der Waals surface area contributed by atoms with Crippen molar-refractivity contribution in [3.8, 4) is 11.1 Å².